The van der Waals surface area contributed by atoms with Gasteiger partial charge in [0.1, 0.15) is 0 Å². The van der Waals surface area contributed by atoms with Gasteiger partial charge in [0, 0.05) is 24.5 Å². The summed E-state index contributed by atoms with van der Waals surface area (Å²) >= 11 is 7.33. The summed E-state index contributed by atoms with van der Waals surface area (Å²) in [6, 6.07) is 15.2. The molecule has 8 heteroatoms. The van der Waals surface area contributed by atoms with Crippen LogP contribution in [0.2, 0.25) is 5.02 Å². The Kier molecular flexibility index (Phi) is 5.83. The smallest absolute Gasteiger partial charge is 0.277 e. The van der Waals surface area contributed by atoms with Gasteiger partial charge in [-0.05, 0) is 49.2 Å². The van der Waals surface area contributed by atoms with E-state index in [4.69, 9.17) is 16.0 Å². The number of amides is 1. The van der Waals surface area contributed by atoms with E-state index in [2.05, 4.69) is 20.4 Å². The van der Waals surface area contributed by atoms with Crippen LogP contribution in [-0.2, 0) is 4.79 Å². The van der Waals surface area contributed by atoms with E-state index in [9.17, 15) is 4.79 Å². The minimum atomic E-state index is -0.128. The molecule has 1 aliphatic rings. The molecule has 1 aromatic heterocycles. The number of benzene rings is 2. The molecule has 1 aliphatic heterocycles. The van der Waals surface area contributed by atoms with Crippen LogP contribution in [0, 0.1) is 0 Å². The number of halogens is 1. The van der Waals surface area contributed by atoms with Gasteiger partial charge in [0.15, 0.2) is 0 Å². The third kappa shape index (κ3) is 4.48. The number of thioether (sulfide) groups is 1. The average Bonchev–Trinajstić information content (AvgIpc) is 3.40. The summed E-state index contributed by atoms with van der Waals surface area (Å²) in [5.41, 5.74) is 2.64. The number of carbonyl (C=O) groups excluding carboxylic acids is 1. The van der Waals surface area contributed by atoms with Crippen LogP contribution < -0.4 is 10.2 Å². The molecular formula is C20H19ClN4O2S. The van der Waals surface area contributed by atoms with Gasteiger partial charge in [-0.25, -0.2) is 0 Å². The predicted molar refractivity (Wildman–Crippen MR) is 112 cm³/mol. The van der Waals surface area contributed by atoms with Crippen molar-refractivity contribution in [3.8, 4) is 11.5 Å². The Morgan fingerprint density at radius 3 is 2.61 bits per heavy atom. The van der Waals surface area contributed by atoms with Crippen molar-refractivity contribution in [3.63, 3.8) is 0 Å². The van der Waals surface area contributed by atoms with Crippen LogP contribution in [0.4, 0.5) is 11.4 Å². The maximum atomic E-state index is 12.2. The van der Waals surface area contributed by atoms with Gasteiger partial charge in [-0.15, -0.1) is 10.2 Å². The topological polar surface area (TPSA) is 71.3 Å². The van der Waals surface area contributed by atoms with E-state index in [0.29, 0.717) is 21.7 Å². The van der Waals surface area contributed by atoms with Crippen LogP contribution in [-0.4, -0.2) is 34.9 Å². The van der Waals surface area contributed by atoms with Gasteiger partial charge < -0.3 is 14.6 Å². The standard InChI is InChI=1S/C20H19ClN4O2S/c21-17-6-2-1-5-16(17)19-23-24-20(27-19)28-13-18(26)22-14-7-9-15(10-8-14)25-11-3-4-12-25/h1-2,5-10H,3-4,11-13H2,(H,22,26). The Labute approximate surface area is 172 Å². The molecule has 0 spiro atoms. The monoisotopic (exact) mass is 414 g/mol. The Hall–Kier alpha value is -2.51. The van der Waals surface area contributed by atoms with E-state index in [1.165, 1.54) is 30.3 Å². The molecule has 4 rings (SSSR count). The van der Waals surface area contributed by atoms with Crippen LogP contribution in [0.5, 0.6) is 0 Å². The minimum Gasteiger partial charge on any atom is -0.411 e. The maximum Gasteiger partial charge on any atom is 0.277 e. The molecule has 6 nitrogen and oxygen atoms in total. The second-order valence-electron chi connectivity index (χ2n) is 6.43. The van der Waals surface area contributed by atoms with Gasteiger partial charge in [-0.1, -0.05) is 35.5 Å². The molecular weight excluding hydrogens is 396 g/mol. The number of hydrogen-bond donors (Lipinski definition) is 1. The highest BCUT2D eigenvalue weighted by atomic mass is 35.5. The summed E-state index contributed by atoms with van der Waals surface area (Å²) in [6.45, 7) is 2.20. The molecule has 0 saturated carbocycles. The number of carbonyl (C=O) groups is 1. The first kappa shape index (κ1) is 18.8. The lowest BCUT2D eigenvalue weighted by Crippen LogP contribution is -2.18. The lowest BCUT2D eigenvalue weighted by molar-refractivity contribution is -0.113. The molecule has 1 fully saturated rings. The summed E-state index contributed by atoms with van der Waals surface area (Å²) in [4.78, 5) is 14.6. The van der Waals surface area contributed by atoms with E-state index in [1.54, 1.807) is 6.07 Å². The number of aromatic nitrogens is 2. The van der Waals surface area contributed by atoms with Crippen LogP contribution in [0.1, 0.15) is 12.8 Å². The fraction of sp³-hybridized carbons (Fsp3) is 0.250. The van der Waals surface area contributed by atoms with Crippen LogP contribution >= 0.6 is 23.4 Å². The number of rotatable bonds is 6. The molecule has 2 heterocycles. The van der Waals surface area contributed by atoms with Crippen molar-refractivity contribution in [1.29, 1.82) is 0 Å². The molecule has 1 saturated heterocycles. The fourth-order valence-corrected chi connectivity index (χ4v) is 3.85. The second kappa shape index (κ2) is 8.67. The molecule has 0 atom stereocenters. The van der Waals surface area contributed by atoms with Crippen molar-refractivity contribution in [2.24, 2.45) is 0 Å². The first-order valence-corrected chi connectivity index (χ1v) is 10.4. The molecule has 3 aromatic rings. The fourth-order valence-electron chi connectivity index (χ4n) is 3.07. The molecule has 1 N–H and O–H groups in total. The Morgan fingerprint density at radius 1 is 1.11 bits per heavy atom. The Morgan fingerprint density at radius 2 is 1.86 bits per heavy atom. The molecule has 0 bridgehead atoms. The summed E-state index contributed by atoms with van der Waals surface area (Å²) in [5.74, 6) is 0.389. The van der Waals surface area contributed by atoms with Crippen molar-refractivity contribution in [3.05, 3.63) is 53.6 Å². The average molecular weight is 415 g/mol. The van der Waals surface area contributed by atoms with Crippen LogP contribution in [0.15, 0.2) is 58.2 Å². The first-order valence-electron chi connectivity index (χ1n) is 9.05. The lowest BCUT2D eigenvalue weighted by atomic mass is 10.2. The Balaban J connectivity index is 1.30. The third-order valence-corrected chi connectivity index (χ3v) is 5.61. The summed E-state index contributed by atoms with van der Waals surface area (Å²) in [5, 5.41) is 11.7. The summed E-state index contributed by atoms with van der Waals surface area (Å²) in [6.07, 6.45) is 2.48. The SMILES string of the molecule is O=C(CSc1nnc(-c2ccccc2Cl)o1)Nc1ccc(N2CCCC2)cc1. The summed E-state index contributed by atoms with van der Waals surface area (Å²) < 4.78 is 5.59. The number of nitrogens with zero attached hydrogens (tertiary/aromatic N) is 3. The molecule has 0 aliphatic carbocycles. The zero-order chi connectivity index (χ0) is 19.3. The van der Waals surface area contributed by atoms with Crippen molar-refractivity contribution in [1.82, 2.24) is 10.2 Å². The molecule has 28 heavy (non-hydrogen) atoms. The molecule has 0 radical (unpaired) electrons. The van der Waals surface area contributed by atoms with Gasteiger partial charge in [-0.3, -0.25) is 4.79 Å². The zero-order valence-electron chi connectivity index (χ0n) is 15.1. The first-order chi connectivity index (χ1) is 13.7. The Bertz CT molecular complexity index is 955. The van der Waals surface area contributed by atoms with E-state index in [0.717, 1.165) is 18.8 Å². The van der Waals surface area contributed by atoms with Crippen molar-refractivity contribution < 1.29 is 9.21 Å². The van der Waals surface area contributed by atoms with E-state index < -0.39 is 0 Å². The van der Waals surface area contributed by atoms with Gasteiger partial charge in [-0.2, -0.15) is 0 Å². The maximum absolute atomic E-state index is 12.2. The van der Waals surface area contributed by atoms with Crippen molar-refractivity contribution in [2.75, 3.05) is 29.1 Å². The van der Waals surface area contributed by atoms with Gasteiger partial charge in [0.2, 0.25) is 11.8 Å². The molecule has 2 aromatic carbocycles. The molecule has 0 unspecified atom stereocenters. The zero-order valence-corrected chi connectivity index (χ0v) is 16.7. The molecule has 1 amide bonds. The van der Waals surface area contributed by atoms with E-state index in [-0.39, 0.29) is 11.7 Å². The highest BCUT2D eigenvalue weighted by molar-refractivity contribution is 7.99. The highest BCUT2D eigenvalue weighted by Gasteiger charge is 2.14. The van der Waals surface area contributed by atoms with Gasteiger partial charge >= 0.3 is 0 Å². The predicted octanol–water partition coefficient (Wildman–Crippen LogP) is 4.72. The lowest BCUT2D eigenvalue weighted by Gasteiger charge is -2.17. The third-order valence-electron chi connectivity index (χ3n) is 4.46. The number of hydrogen-bond acceptors (Lipinski definition) is 6. The van der Waals surface area contributed by atoms with Gasteiger partial charge in [0.25, 0.3) is 5.22 Å². The van der Waals surface area contributed by atoms with Crippen molar-refractivity contribution >= 4 is 40.6 Å². The minimum absolute atomic E-state index is 0.128. The number of anilines is 2. The largest absolute Gasteiger partial charge is 0.411 e. The van der Waals surface area contributed by atoms with E-state index in [1.807, 2.05) is 42.5 Å². The van der Waals surface area contributed by atoms with Crippen LogP contribution in [0.25, 0.3) is 11.5 Å². The molecule has 144 valence electrons. The normalized spacial score (nSPS) is 13.7. The highest BCUT2D eigenvalue weighted by Crippen LogP contribution is 2.28. The van der Waals surface area contributed by atoms with Crippen molar-refractivity contribution in [2.45, 2.75) is 18.1 Å². The van der Waals surface area contributed by atoms with Crippen LogP contribution in [0.3, 0.4) is 0 Å². The number of nitrogens with one attached hydrogen (secondary N) is 1. The quantitative estimate of drug-likeness (QED) is 0.588. The van der Waals surface area contributed by atoms with E-state index >= 15 is 0 Å². The van der Waals surface area contributed by atoms with Gasteiger partial charge in [0.05, 0.1) is 16.3 Å². The summed E-state index contributed by atoms with van der Waals surface area (Å²) in [7, 11) is 0. The second-order valence-corrected chi connectivity index (χ2v) is 7.76.